The van der Waals surface area contributed by atoms with E-state index in [2.05, 4.69) is 27.2 Å². The molecule has 0 aliphatic rings. The number of carbonyl (C=O) groups is 1. The topological polar surface area (TPSA) is 116 Å². The molecule has 0 spiro atoms. The van der Waals surface area contributed by atoms with Gasteiger partial charge in [-0.3, -0.25) is 0 Å². The highest BCUT2D eigenvalue weighted by Gasteiger charge is 2.16. The summed E-state index contributed by atoms with van der Waals surface area (Å²) in [6, 6.07) is 9.41. The van der Waals surface area contributed by atoms with E-state index >= 15 is 0 Å². The van der Waals surface area contributed by atoms with Crippen molar-refractivity contribution in [1.29, 1.82) is 0 Å². The molecule has 1 aromatic heterocycles. The van der Waals surface area contributed by atoms with Crippen LogP contribution in [0.1, 0.15) is 41.5 Å². The first-order valence-corrected chi connectivity index (χ1v) is 11.6. The molecule has 1 heterocycles. The van der Waals surface area contributed by atoms with Crippen molar-refractivity contribution in [1.82, 2.24) is 24.9 Å². The average molecular weight is 482 g/mol. The summed E-state index contributed by atoms with van der Waals surface area (Å²) in [7, 11) is -3.88. The monoisotopic (exact) mass is 481 g/mol. The van der Waals surface area contributed by atoms with E-state index in [1.54, 1.807) is 16.8 Å². The lowest BCUT2D eigenvalue weighted by atomic mass is 10.1. The van der Waals surface area contributed by atoms with Crippen molar-refractivity contribution >= 4 is 27.6 Å². The maximum absolute atomic E-state index is 13.2. The van der Waals surface area contributed by atoms with Gasteiger partial charge in [0.1, 0.15) is 5.82 Å². The van der Waals surface area contributed by atoms with Crippen molar-refractivity contribution in [3.8, 4) is 0 Å². The van der Waals surface area contributed by atoms with Crippen molar-refractivity contribution in [2.24, 2.45) is 0 Å². The van der Waals surface area contributed by atoms with Gasteiger partial charge in [0.25, 0.3) is 0 Å². The van der Waals surface area contributed by atoms with Crippen LogP contribution in [0.5, 0.6) is 0 Å². The molecule has 0 atom stereocenters. The Morgan fingerprint density at radius 1 is 1.22 bits per heavy atom. The number of nitrogens with one attached hydrogen (secondary N) is 1. The van der Waals surface area contributed by atoms with Crippen LogP contribution < -0.4 is 4.72 Å². The molecule has 0 bridgehead atoms. The molecule has 0 radical (unpaired) electrons. The molecule has 12 heteroatoms. The lowest BCUT2D eigenvalue weighted by molar-refractivity contribution is 0.0456. The molecule has 3 aromatic rings. The van der Waals surface area contributed by atoms with Gasteiger partial charge in [-0.15, -0.1) is 5.10 Å². The van der Waals surface area contributed by atoms with E-state index in [1.807, 2.05) is 0 Å². The van der Waals surface area contributed by atoms with Crippen molar-refractivity contribution in [2.75, 3.05) is 0 Å². The molecule has 0 saturated heterocycles. The van der Waals surface area contributed by atoms with E-state index in [9.17, 15) is 17.6 Å². The maximum atomic E-state index is 13.2. The van der Waals surface area contributed by atoms with E-state index in [1.165, 1.54) is 12.1 Å². The van der Waals surface area contributed by atoms with Crippen molar-refractivity contribution in [3.63, 3.8) is 0 Å². The number of hydrogen-bond acceptors (Lipinski definition) is 7. The molecule has 3 rings (SSSR count). The van der Waals surface area contributed by atoms with Crippen LogP contribution in [-0.2, 0) is 34.5 Å². The SMILES string of the molecule is CCCCn1nnnc1COC(=O)c1ccc(CNS(=O)(=O)c2ccc(F)c(Cl)c2)cc1. The van der Waals surface area contributed by atoms with E-state index in [0.717, 1.165) is 31.0 Å². The number of aromatic nitrogens is 4. The van der Waals surface area contributed by atoms with Crippen LogP contribution in [-0.4, -0.2) is 34.6 Å². The number of hydrogen-bond donors (Lipinski definition) is 1. The number of unbranched alkanes of at least 4 members (excludes halogenated alkanes) is 1. The van der Waals surface area contributed by atoms with Crippen LogP contribution in [0.4, 0.5) is 4.39 Å². The van der Waals surface area contributed by atoms with Crippen molar-refractivity contribution in [2.45, 2.75) is 44.4 Å². The zero-order chi connectivity index (χ0) is 23.1. The molecule has 0 unspecified atom stereocenters. The summed E-state index contributed by atoms with van der Waals surface area (Å²) in [4.78, 5) is 12.1. The minimum Gasteiger partial charge on any atom is -0.454 e. The first-order valence-electron chi connectivity index (χ1n) is 9.76. The molecule has 1 N–H and O–H groups in total. The molecule has 0 fully saturated rings. The number of halogens is 2. The number of nitrogens with zero attached hydrogens (tertiary/aromatic N) is 4. The average Bonchev–Trinajstić information content (AvgIpc) is 3.24. The third-order valence-corrected chi connectivity index (χ3v) is 6.21. The summed E-state index contributed by atoms with van der Waals surface area (Å²) in [6.07, 6.45) is 1.89. The number of sulfonamides is 1. The number of benzene rings is 2. The molecule has 0 saturated carbocycles. The highest BCUT2D eigenvalue weighted by Crippen LogP contribution is 2.19. The van der Waals surface area contributed by atoms with Crippen molar-refractivity contribution < 1.29 is 22.3 Å². The van der Waals surface area contributed by atoms with Gasteiger partial charge in [-0.05, 0) is 52.7 Å². The Morgan fingerprint density at radius 2 is 1.97 bits per heavy atom. The lowest BCUT2D eigenvalue weighted by Crippen LogP contribution is -2.23. The van der Waals surface area contributed by atoms with Crippen LogP contribution >= 0.6 is 11.6 Å². The quantitative estimate of drug-likeness (QED) is 0.442. The largest absolute Gasteiger partial charge is 0.454 e. The van der Waals surface area contributed by atoms with E-state index in [-0.39, 0.29) is 23.1 Å². The van der Waals surface area contributed by atoms with Crippen LogP contribution in [0.15, 0.2) is 47.4 Å². The molecular formula is C20H21ClFN5O4S. The minimum atomic E-state index is -3.88. The lowest BCUT2D eigenvalue weighted by Gasteiger charge is -2.09. The maximum Gasteiger partial charge on any atom is 0.338 e. The molecule has 0 aliphatic heterocycles. The molecule has 0 amide bonds. The fourth-order valence-electron chi connectivity index (χ4n) is 2.69. The van der Waals surface area contributed by atoms with Crippen LogP contribution in [0.2, 0.25) is 5.02 Å². The van der Waals surface area contributed by atoms with Crippen LogP contribution in [0.3, 0.4) is 0 Å². The summed E-state index contributed by atoms with van der Waals surface area (Å²) in [5.41, 5.74) is 0.913. The van der Waals surface area contributed by atoms with Crippen molar-refractivity contribution in [3.05, 3.63) is 70.3 Å². The molecule has 170 valence electrons. The second kappa shape index (κ2) is 10.6. The Morgan fingerprint density at radius 3 is 2.66 bits per heavy atom. The smallest absolute Gasteiger partial charge is 0.338 e. The molecular weight excluding hydrogens is 461 g/mol. The van der Waals surface area contributed by atoms with Gasteiger partial charge < -0.3 is 4.74 Å². The second-order valence-electron chi connectivity index (χ2n) is 6.85. The minimum absolute atomic E-state index is 0.0289. The fraction of sp³-hybridized carbons (Fsp3) is 0.300. The first-order chi connectivity index (χ1) is 15.3. The third kappa shape index (κ3) is 6.09. The fourth-order valence-corrected chi connectivity index (χ4v) is 3.97. The number of aryl methyl sites for hydroxylation is 1. The summed E-state index contributed by atoms with van der Waals surface area (Å²) in [5.74, 6) is -0.799. The second-order valence-corrected chi connectivity index (χ2v) is 9.02. The van der Waals surface area contributed by atoms with E-state index < -0.39 is 21.8 Å². The highest BCUT2D eigenvalue weighted by molar-refractivity contribution is 7.89. The number of rotatable bonds is 10. The summed E-state index contributed by atoms with van der Waals surface area (Å²) in [5, 5.41) is 11.0. The first kappa shape index (κ1) is 23.8. The summed E-state index contributed by atoms with van der Waals surface area (Å²) >= 11 is 5.65. The summed E-state index contributed by atoms with van der Waals surface area (Å²) < 4.78 is 47.2. The van der Waals surface area contributed by atoms with Gasteiger partial charge >= 0.3 is 5.97 Å². The number of carbonyl (C=O) groups excluding carboxylic acids is 1. The highest BCUT2D eigenvalue weighted by atomic mass is 35.5. The normalized spacial score (nSPS) is 11.5. The van der Waals surface area contributed by atoms with Crippen LogP contribution in [0, 0.1) is 5.82 Å². The van der Waals surface area contributed by atoms with Gasteiger partial charge in [0.15, 0.2) is 12.4 Å². The zero-order valence-corrected chi connectivity index (χ0v) is 18.7. The molecule has 0 aliphatic carbocycles. The Labute approximate surface area is 189 Å². The zero-order valence-electron chi connectivity index (χ0n) is 17.2. The van der Waals surface area contributed by atoms with Gasteiger partial charge in [0.05, 0.1) is 15.5 Å². The van der Waals surface area contributed by atoms with E-state index in [4.69, 9.17) is 16.3 Å². The van der Waals surface area contributed by atoms with Crippen LogP contribution in [0.25, 0.3) is 0 Å². The molecule has 32 heavy (non-hydrogen) atoms. The molecule has 2 aromatic carbocycles. The Hall–Kier alpha value is -2.89. The van der Waals surface area contributed by atoms with Gasteiger partial charge in [-0.25, -0.2) is 27.0 Å². The molecule has 9 nitrogen and oxygen atoms in total. The van der Waals surface area contributed by atoms with Gasteiger partial charge in [-0.1, -0.05) is 37.1 Å². The number of ether oxygens (including phenoxy) is 1. The standard InChI is InChI=1S/C20H21ClFN5O4S/c1-2-3-10-27-19(24-25-26-27)13-31-20(28)15-6-4-14(5-7-15)12-23-32(29,30)16-8-9-18(22)17(21)11-16/h4-9,11,23H,2-3,10,12-13H2,1H3. The van der Waals surface area contributed by atoms with E-state index in [0.29, 0.717) is 23.5 Å². The summed E-state index contributed by atoms with van der Waals surface area (Å²) in [6.45, 7) is 2.61. The van der Waals surface area contributed by atoms with Gasteiger partial charge in [0, 0.05) is 13.1 Å². The number of tetrazole rings is 1. The Kier molecular flexibility index (Phi) is 7.89. The Bertz CT molecular complexity index is 1180. The number of esters is 1. The van der Waals surface area contributed by atoms with Gasteiger partial charge in [0.2, 0.25) is 10.0 Å². The Balaban J connectivity index is 1.56. The third-order valence-electron chi connectivity index (χ3n) is 4.52. The van der Waals surface area contributed by atoms with Gasteiger partial charge in [-0.2, -0.15) is 0 Å². The predicted octanol–water partition coefficient (Wildman–Crippen LogP) is 3.10. The predicted molar refractivity (Wildman–Crippen MR) is 114 cm³/mol.